The number of nitrogens with two attached hydrogens (primary N) is 1. The minimum absolute atomic E-state index is 0.219. The molecule has 94 valence electrons. The van der Waals surface area contributed by atoms with Crippen molar-refractivity contribution in [3.8, 4) is 0 Å². The Labute approximate surface area is 115 Å². The van der Waals surface area contributed by atoms with Gasteiger partial charge < -0.3 is 11.1 Å². The summed E-state index contributed by atoms with van der Waals surface area (Å²) in [5, 5.41) is 3.23. The molecule has 1 aromatic rings. The highest BCUT2D eigenvalue weighted by molar-refractivity contribution is 9.10. The summed E-state index contributed by atoms with van der Waals surface area (Å²) in [6.45, 7) is 3.71. The number of rotatable bonds is 4. The highest BCUT2D eigenvalue weighted by Gasteiger charge is 2.27. The topological polar surface area (TPSA) is 55.1 Å². The molecule has 1 amide bonds. The maximum atomic E-state index is 12.0. The van der Waals surface area contributed by atoms with E-state index in [2.05, 4.69) is 21.2 Å². The summed E-state index contributed by atoms with van der Waals surface area (Å²) in [4.78, 5) is 12.0. The normalized spacial score (nSPS) is 14.2. The van der Waals surface area contributed by atoms with Crippen LogP contribution >= 0.6 is 27.5 Å². The van der Waals surface area contributed by atoms with Crippen LogP contribution in [0.15, 0.2) is 22.7 Å². The van der Waals surface area contributed by atoms with Gasteiger partial charge in [0.25, 0.3) is 0 Å². The first-order valence-corrected chi connectivity index (χ1v) is 6.59. The zero-order valence-electron chi connectivity index (χ0n) is 9.89. The van der Waals surface area contributed by atoms with E-state index in [-0.39, 0.29) is 5.91 Å². The molecule has 1 aromatic carbocycles. The number of carbonyl (C=O) groups excluding carboxylic acids is 1. The molecule has 1 rings (SSSR count). The van der Waals surface area contributed by atoms with Gasteiger partial charge in [0.1, 0.15) is 0 Å². The second-order valence-electron chi connectivity index (χ2n) is 4.25. The number of amides is 1. The predicted molar refractivity (Wildman–Crippen MR) is 75.3 cm³/mol. The first-order valence-electron chi connectivity index (χ1n) is 5.42. The van der Waals surface area contributed by atoms with Crippen LogP contribution in [-0.2, 0) is 4.79 Å². The highest BCUT2D eigenvalue weighted by Crippen LogP contribution is 2.26. The summed E-state index contributed by atoms with van der Waals surface area (Å²) < 4.78 is 0.865. The third-order valence-corrected chi connectivity index (χ3v) is 3.27. The zero-order valence-corrected chi connectivity index (χ0v) is 12.2. The minimum Gasteiger partial charge on any atom is -0.323 e. The van der Waals surface area contributed by atoms with E-state index in [0.29, 0.717) is 17.1 Å². The third kappa shape index (κ3) is 3.98. The molecule has 0 fully saturated rings. The van der Waals surface area contributed by atoms with Gasteiger partial charge in [-0.25, -0.2) is 0 Å². The molecule has 0 aromatic heterocycles. The van der Waals surface area contributed by atoms with Crippen LogP contribution in [0.2, 0.25) is 5.02 Å². The minimum atomic E-state index is -0.870. The molecule has 17 heavy (non-hydrogen) atoms. The van der Waals surface area contributed by atoms with Crippen molar-refractivity contribution in [1.82, 2.24) is 0 Å². The Hall–Kier alpha value is -0.580. The Morgan fingerprint density at radius 2 is 2.24 bits per heavy atom. The molecule has 0 saturated carbocycles. The molecule has 1 atom stereocenters. The summed E-state index contributed by atoms with van der Waals surface area (Å²) in [5.74, 6) is -0.219. The number of hydrogen-bond acceptors (Lipinski definition) is 2. The van der Waals surface area contributed by atoms with Crippen molar-refractivity contribution >= 4 is 39.1 Å². The van der Waals surface area contributed by atoms with Gasteiger partial charge in [0.15, 0.2) is 0 Å². The number of nitrogens with one attached hydrogen (secondary N) is 1. The summed E-state index contributed by atoms with van der Waals surface area (Å²) in [6, 6.07) is 5.28. The Balaban J connectivity index is 2.81. The lowest BCUT2D eigenvalue weighted by atomic mass is 9.96. The highest BCUT2D eigenvalue weighted by atomic mass is 79.9. The number of carbonyl (C=O) groups is 1. The van der Waals surface area contributed by atoms with E-state index in [9.17, 15) is 4.79 Å². The van der Waals surface area contributed by atoms with Gasteiger partial charge in [0.2, 0.25) is 5.91 Å². The fourth-order valence-corrected chi connectivity index (χ4v) is 2.21. The van der Waals surface area contributed by atoms with E-state index in [1.54, 1.807) is 19.1 Å². The van der Waals surface area contributed by atoms with Gasteiger partial charge >= 0.3 is 0 Å². The van der Waals surface area contributed by atoms with Crippen LogP contribution in [0.25, 0.3) is 0 Å². The Morgan fingerprint density at radius 3 is 2.76 bits per heavy atom. The largest absolute Gasteiger partial charge is 0.323 e. The first-order chi connectivity index (χ1) is 7.86. The molecule has 5 heteroatoms. The van der Waals surface area contributed by atoms with Crippen LogP contribution < -0.4 is 11.1 Å². The summed E-state index contributed by atoms with van der Waals surface area (Å²) in [6.07, 6.45) is 1.49. The van der Waals surface area contributed by atoms with Crippen LogP contribution in [0.5, 0.6) is 0 Å². The van der Waals surface area contributed by atoms with Crippen molar-refractivity contribution in [3.05, 3.63) is 27.7 Å². The van der Waals surface area contributed by atoms with Crippen molar-refractivity contribution in [2.24, 2.45) is 5.73 Å². The lowest BCUT2D eigenvalue weighted by molar-refractivity contribution is -0.120. The summed E-state index contributed by atoms with van der Waals surface area (Å²) >= 11 is 9.32. The van der Waals surface area contributed by atoms with Gasteiger partial charge in [0, 0.05) is 4.47 Å². The van der Waals surface area contributed by atoms with Crippen molar-refractivity contribution in [2.75, 3.05) is 5.32 Å². The predicted octanol–water partition coefficient (Wildman–Crippen LogP) is 3.56. The van der Waals surface area contributed by atoms with Gasteiger partial charge in [-0.2, -0.15) is 0 Å². The third-order valence-electron chi connectivity index (χ3n) is 2.47. The molecule has 0 heterocycles. The molecule has 0 aliphatic rings. The van der Waals surface area contributed by atoms with Crippen LogP contribution in [0.3, 0.4) is 0 Å². The monoisotopic (exact) mass is 318 g/mol. The van der Waals surface area contributed by atoms with Crippen molar-refractivity contribution < 1.29 is 4.79 Å². The van der Waals surface area contributed by atoms with Gasteiger partial charge in [-0.3, -0.25) is 4.79 Å². The fraction of sp³-hybridized carbons (Fsp3) is 0.417. The molecule has 0 aliphatic carbocycles. The summed E-state index contributed by atoms with van der Waals surface area (Å²) in [5.41, 5.74) is 5.64. The maximum absolute atomic E-state index is 12.0. The first kappa shape index (κ1) is 14.5. The van der Waals surface area contributed by atoms with Gasteiger partial charge in [-0.05, 0) is 31.5 Å². The van der Waals surface area contributed by atoms with Crippen LogP contribution in [-0.4, -0.2) is 11.4 Å². The fourth-order valence-electron chi connectivity index (χ4n) is 1.49. The number of benzene rings is 1. The molecular weight excluding hydrogens is 304 g/mol. The second kappa shape index (κ2) is 5.85. The van der Waals surface area contributed by atoms with Gasteiger partial charge in [-0.1, -0.05) is 40.9 Å². The molecule has 0 saturated heterocycles. The molecule has 0 spiro atoms. The van der Waals surface area contributed by atoms with E-state index in [4.69, 9.17) is 17.3 Å². The lowest BCUT2D eigenvalue weighted by Gasteiger charge is -2.23. The molecule has 0 aliphatic heterocycles. The standard InChI is InChI=1S/C12H16BrClN2O/c1-3-6-12(2,15)11(17)16-10-5-4-8(13)7-9(10)14/h4-5,7H,3,6,15H2,1-2H3,(H,16,17). The number of anilines is 1. The van der Waals surface area contributed by atoms with Crippen molar-refractivity contribution in [3.63, 3.8) is 0 Å². The molecule has 1 unspecified atom stereocenters. The van der Waals surface area contributed by atoms with E-state index in [0.717, 1.165) is 10.9 Å². The van der Waals surface area contributed by atoms with Crippen LogP contribution in [0, 0.1) is 0 Å². The van der Waals surface area contributed by atoms with Crippen LogP contribution in [0.1, 0.15) is 26.7 Å². The Morgan fingerprint density at radius 1 is 1.59 bits per heavy atom. The van der Waals surface area contributed by atoms with E-state index in [1.807, 2.05) is 13.0 Å². The van der Waals surface area contributed by atoms with Crippen molar-refractivity contribution in [1.29, 1.82) is 0 Å². The Bertz CT molecular complexity index is 421. The van der Waals surface area contributed by atoms with Crippen molar-refractivity contribution in [2.45, 2.75) is 32.2 Å². The van der Waals surface area contributed by atoms with E-state index < -0.39 is 5.54 Å². The van der Waals surface area contributed by atoms with Crippen LogP contribution in [0.4, 0.5) is 5.69 Å². The molecule has 0 radical (unpaired) electrons. The molecular formula is C12H16BrClN2O. The SMILES string of the molecule is CCCC(C)(N)C(=O)Nc1ccc(Br)cc1Cl. The summed E-state index contributed by atoms with van der Waals surface area (Å²) in [7, 11) is 0. The Kier molecular flexibility index (Phi) is 4.98. The quantitative estimate of drug-likeness (QED) is 0.891. The average Bonchev–Trinajstić information content (AvgIpc) is 2.22. The maximum Gasteiger partial charge on any atom is 0.244 e. The smallest absolute Gasteiger partial charge is 0.244 e. The molecule has 3 N–H and O–H groups in total. The zero-order chi connectivity index (χ0) is 13.1. The van der Waals surface area contributed by atoms with E-state index in [1.165, 1.54) is 0 Å². The van der Waals surface area contributed by atoms with Gasteiger partial charge in [0.05, 0.1) is 16.2 Å². The van der Waals surface area contributed by atoms with Gasteiger partial charge in [-0.15, -0.1) is 0 Å². The second-order valence-corrected chi connectivity index (χ2v) is 5.57. The molecule has 0 bridgehead atoms. The lowest BCUT2D eigenvalue weighted by Crippen LogP contribution is -2.48. The number of hydrogen-bond donors (Lipinski definition) is 2. The number of halogens is 2. The molecule has 3 nitrogen and oxygen atoms in total. The average molecular weight is 320 g/mol. The van der Waals surface area contributed by atoms with E-state index >= 15 is 0 Å².